The van der Waals surface area contributed by atoms with Crippen molar-refractivity contribution in [1.82, 2.24) is 14.3 Å². The van der Waals surface area contributed by atoms with Crippen LogP contribution in [0.4, 0.5) is 13.2 Å². The number of hydrogen-bond acceptors (Lipinski definition) is 3. The smallest absolute Gasteiger partial charge is 0.334 e. The number of thiazole rings is 1. The SMILES string of the molecule is O=C(c1csc2nc(-c3ccc(C(F)(F)F)cc3)cn12)N1C[C@H]2CC[C@H]1C2. The van der Waals surface area contributed by atoms with Gasteiger partial charge in [-0.05, 0) is 37.3 Å². The molecule has 2 bridgehead atoms. The van der Waals surface area contributed by atoms with E-state index in [-0.39, 0.29) is 5.91 Å². The maximum absolute atomic E-state index is 13.0. The number of alkyl halides is 3. The lowest BCUT2D eigenvalue weighted by molar-refractivity contribution is -0.137. The lowest BCUT2D eigenvalue weighted by Gasteiger charge is -2.26. The minimum Gasteiger partial charge on any atom is -0.334 e. The third-order valence-electron chi connectivity index (χ3n) is 5.61. The quantitative estimate of drug-likeness (QED) is 0.635. The van der Waals surface area contributed by atoms with E-state index >= 15 is 0 Å². The van der Waals surface area contributed by atoms with E-state index in [9.17, 15) is 18.0 Å². The zero-order valence-corrected chi connectivity index (χ0v) is 15.1. The highest BCUT2D eigenvalue weighted by molar-refractivity contribution is 7.15. The predicted molar refractivity (Wildman–Crippen MR) is 95.7 cm³/mol. The summed E-state index contributed by atoms with van der Waals surface area (Å²) in [5, 5.41) is 1.81. The molecule has 0 radical (unpaired) electrons. The fourth-order valence-corrected chi connectivity index (χ4v) is 5.07. The molecule has 2 fully saturated rings. The number of fused-ring (bicyclic) bond motifs is 3. The van der Waals surface area contributed by atoms with Crippen molar-refractivity contribution in [2.75, 3.05) is 6.54 Å². The lowest BCUT2D eigenvalue weighted by Crippen LogP contribution is -2.38. The van der Waals surface area contributed by atoms with Crippen molar-refractivity contribution in [3.05, 3.63) is 47.1 Å². The molecule has 2 atom stereocenters. The summed E-state index contributed by atoms with van der Waals surface area (Å²) in [5.41, 5.74) is 1.05. The Hall–Kier alpha value is -2.35. The van der Waals surface area contributed by atoms with Gasteiger partial charge in [-0.25, -0.2) is 4.98 Å². The van der Waals surface area contributed by atoms with Crippen molar-refractivity contribution < 1.29 is 18.0 Å². The van der Waals surface area contributed by atoms with Gasteiger partial charge < -0.3 is 4.90 Å². The van der Waals surface area contributed by atoms with Gasteiger partial charge in [-0.15, -0.1) is 11.3 Å². The number of halogens is 3. The van der Waals surface area contributed by atoms with Crippen LogP contribution >= 0.6 is 11.3 Å². The molecule has 1 saturated heterocycles. The van der Waals surface area contributed by atoms with Crippen molar-refractivity contribution in [3.63, 3.8) is 0 Å². The fraction of sp³-hybridized carbons (Fsp3) is 0.368. The number of rotatable bonds is 2. The summed E-state index contributed by atoms with van der Waals surface area (Å²) >= 11 is 1.37. The van der Waals surface area contributed by atoms with E-state index in [1.165, 1.54) is 29.9 Å². The van der Waals surface area contributed by atoms with Gasteiger partial charge in [0.25, 0.3) is 5.91 Å². The number of likely N-dealkylation sites (tertiary alicyclic amines) is 1. The summed E-state index contributed by atoms with van der Waals surface area (Å²) in [5.74, 6) is 0.642. The number of piperidine rings is 1. The maximum Gasteiger partial charge on any atom is 0.416 e. The summed E-state index contributed by atoms with van der Waals surface area (Å²) in [6.07, 6.45) is 0.749. The zero-order valence-electron chi connectivity index (χ0n) is 14.2. The van der Waals surface area contributed by atoms with Gasteiger partial charge >= 0.3 is 6.18 Å². The molecule has 0 spiro atoms. The van der Waals surface area contributed by atoms with E-state index in [4.69, 9.17) is 0 Å². The molecule has 5 rings (SSSR count). The van der Waals surface area contributed by atoms with Crippen LogP contribution in [-0.2, 0) is 6.18 Å². The second kappa shape index (κ2) is 5.82. The van der Waals surface area contributed by atoms with Crippen LogP contribution in [-0.4, -0.2) is 32.8 Å². The van der Waals surface area contributed by atoms with Crippen LogP contribution in [0.5, 0.6) is 0 Å². The molecule has 2 aromatic heterocycles. The lowest BCUT2D eigenvalue weighted by atomic mass is 10.1. The second-order valence-corrected chi connectivity index (χ2v) is 8.10. The Morgan fingerprint density at radius 3 is 2.59 bits per heavy atom. The third-order valence-corrected chi connectivity index (χ3v) is 6.45. The topological polar surface area (TPSA) is 37.6 Å². The summed E-state index contributed by atoms with van der Waals surface area (Å²) < 4.78 is 40.0. The van der Waals surface area contributed by atoms with Crippen LogP contribution in [0, 0.1) is 5.92 Å². The largest absolute Gasteiger partial charge is 0.416 e. The number of carbonyl (C=O) groups is 1. The Kier molecular flexibility index (Phi) is 3.62. The Morgan fingerprint density at radius 1 is 1.19 bits per heavy atom. The van der Waals surface area contributed by atoms with Crippen LogP contribution < -0.4 is 0 Å². The van der Waals surface area contributed by atoms with E-state index < -0.39 is 11.7 Å². The van der Waals surface area contributed by atoms with Crippen molar-refractivity contribution in [2.24, 2.45) is 5.92 Å². The highest BCUT2D eigenvalue weighted by Gasteiger charge is 2.41. The molecule has 0 N–H and O–H groups in total. The molecular weight excluding hydrogens is 375 g/mol. The van der Waals surface area contributed by atoms with Gasteiger partial charge in [-0.2, -0.15) is 13.2 Å². The summed E-state index contributed by atoms with van der Waals surface area (Å²) in [4.78, 5) is 20.1. The molecule has 1 aliphatic heterocycles. The van der Waals surface area contributed by atoms with Crippen molar-refractivity contribution in [3.8, 4) is 11.3 Å². The molecule has 1 amide bonds. The molecule has 0 unspecified atom stereocenters. The van der Waals surface area contributed by atoms with Gasteiger partial charge in [0.2, 0.25) is 0 Å². The molecule has 3 aromatic rings. The zero-order chi connectivity index (χ0) is 18.8. The number of nitrogens with zero attached hydrogens (tertiary/aromatic N) is 3. The van der Waals surface area contributed by atoms with E-state index in [0.717, 1.165) is 31.5 Å². The van der Waals surface area contributed by atoms with Crippen molar-refractivity contribution in [1.29, 1.82) is 0 Å². The molecule has 1 aromatic carbocycles. The predicted octanol–water partition coefficient (Wildman–Crippen LogP) is 4.71. The van der Waals surface area contributed by atoms with E-state index in [1.54, 1.807) is 10.6 Å². The maximum atomic E-state index is 13.0. The van der Waals surface area contributed by atoms with E-state index in [1.807, 2.05) is 10.3 Å². The van der Waals surface area contributed by atoms with Gasteiger partial charge in [0.1, 0.15) is 5.69 Å². The molecule has 1 saturated carbocycles. The minimum absolute atomic E-state index is 0.0184. The van der Waals surface area contributed by atoms with Gasteiger partial charge in [-0.3, -0.25) is 9.20 Å². The monoisotopic (exact) mass is 391 g/mol. The molecule has 3 heterocycles. The molecule has 140 valence electrons. The number of carbonyl (C=O) groups excluding carboxylic acids is 1. The van der Waals surface area contributed by atoms with Crippen LogP contribution in [0.1, 0.15) is 35.3 Å². The van der Waals surface area contributed by atoms with Crippen LogP contribution in [0.15, 0.2) is 35.8 Å². The standard InChI is InChI=1S/C19H16F3N3OS/c20-19(21,22)13-4-2-12(3-5-13)15-9-25-16(10-27-18(25)23-15)17(26)24-8-11-1-6-14(24)7-11/h2-5,9-11,14H,1,6-8H2/t11-,14-/m0/s1. The molecule has 1 aliphatic carbocycles. The fourth-order valence-electron chi connectivity index (χ4n) is 4.23. The Bertz CT molecular complexity index is 1020. The number of aromatic nitrogens is 2. The highest BCUT2D eigenvalue weighted by Crippen LogP contribution is 2.38. The first-order valence-electron chi connectivity index (χ1n) is 8.85. The second-order valence-electron chi connectivity index (χ2n) is 7.27. The van der Waals surface area contributed by atoms with Crippen LogP contribution in [0.25, 0.3) is 16.2 Å². The molecule has 8 heteroatoms. The summed E-state index contributed by atoms with van der Waals surface area (Å²) in [6.45, 7) is 0.821. The Morgan fingerprint density at radius 2 is 1.96 bits per heavy atom. The average Bonchev–Trinajstić information content (AvgIpc) is 3.40. The number of imidazole rings is 1. The highest BCUT2D eigenvalue weighted by atomic mass is 32.1. The summed E-state index contributed by atoms with van der Waals surface area (Å²) in [7, 11) is 0. The molecule has 4 nitrogen and oxygen atoms in total. The minimum atomic E-state index is -4.36. The van der Waals surface area contributed by atoms with E-state index in [0.29, 0.717) is 33.9 Å². The van der Waals surface area contributed by atoms with Gasteiger partial charge in [0.05, 0.1) is 11.3 Å². The first kappa shape index (κ1) is 16.8. The van der Waals surface area contributed by atoms with Gasteiger partial charge in [0, 0.05) is 29.7 Å². The van der Waals surface area contributed by atoms with Crippen molar-refractivity contribution >= 4 is 22.2 Å². The van der Waals surface area contributed by atoms with E-state index in [2.05, 4.69) is 4.98 Å². The average molecular weight is 391 g/mol. The van der Waals surface area contributed by atoms with Crippen LogP contribution in [0.2, 0.25) is 0 Å². The normalized spacial score (nSPS) is 22.1. The molecular formula is C19H16F3N3OS. The first-order chi connectivity index (χ1) is 12.9. The summed E-state index contributed by atoms with van der Waals surface area (Å²) in [6, 6.07) is 5.27. The van der Waals surface area contributed by atoms with Gasteiger partial charge in [0.15, 0.2) is 4.96 Å². The number of benzene rings is 1. The van der Waals surface area contributed by atoms with Crippen LogP contribution in [0.3, 0.4) is 0 Å². The number of amides is 1. The Balaban J connectivity index is 1.46. The first-order valence-corrected chi connectivity index (χ1v) is 9.73. The molecule has 2 aliphatic rings. The van der Waals surface area contributed by atoms with Gasteiger partial charge in [-0.1, -0.05) is 12.1 Å². The third kappa shape index (κ3) is 2.74. The number of hydrogen-bond donors (Lipinski definition) is 0. The van der Waals surface area contributed by atoms with Crippen molar-refractivity contribution in [2.45, 2.75) is 31.5 Å². The molecule has 27 heavy (non-hydrogen) atoms. The Labute approximate surface area is 157 Å².